The van der Waals surface area contributed by atoms with Crippen LogP contribution in [0.3, 0.4) is 0 Å². The molecule has 1 unspecified atom stereocenters. The van der Waals surface area contributed by atoms with Gasteiger partial charge in [-0.25, -0.2) is 4.98 Å². The Morgan fingerprint density at radius 3 is 1.95 bits per heavy atom. The fraction of sp³-hybridized carbons (Fsp3) is 0.115. The third-order valence-corrected chi connectivity index (χ3v) is 11.7. The van der Waals surface area contributed by atoms with E-state index in [4.69, 9.17) is 9.98 Å². The number of aromatic nitrogens is 3. The van der Waals surface area contributed by atoms with Crippen LogP contribution in [0.2, 0.25) is 0 Å². The molecule has 56 heavy (non-hydrogen) atoms. The molecule has 3 aromatic heterocycles. The minimum atomic E-state index is 0.0912. The molecule has 3 aliphatic rings. The van der Waals surface area contributed by atoms with Crippen molar-refractivity contribution in [2.45, 2.75) is 38.1 Å². The molecule has 4 nitrogen and oxygen atoms in total. The number of hydrogen-bond donors (Lipinski definition) is 0. The van der Waals surface area contributed by atoms with E-state index in [1.165, 1.54) is 60.5 Å². The summed E-state index contributed by atoms with van der Waals surface area (Å²) in [4.78, 5) is 10.6. The zero-order valence-electron chi connectivity index (χ0n) is 31.1. The van der Waals surface area contributed by atoms with Crippen LogP contribution in [0, 0.1) is 0 Å². The van der Waals surface area contributed by atoms with Crippen LogP contribution in [-0.2, 0) is 0 Å². The molecule has 5 aromatic carbocycles. The molecule has 4 heteroatoms. The van der Waals surface area contributed by atoms with Crippen molar-refractivity contribution in [3.05, 3.63) is 193 Å². The summed E-state index contributed by atoms with van der Waals surface area (Å²) < 4.78 is 5.06. The lowest BCUT2D eigenvalue weighted by Crippen LogP contribution is -2.19. The Bertz CT molecular complexity index is 2980. The van der Waals surface area contributed by atoms with Gasteiger partial charge < -0.3 is 9.13 Å². The maximum atomic E-state index is 5.38. The highest BCUT2D eigenvalue weighted by atomic mass is 15.0. The first-order chi connectivity index (χ1) is 27.8. The normalized spacial score (nSPS) is 17.0. The van der Waals surface area contributed by atoms with Crippen LogP contribution in [0.25, 0.3) is 71.8 Å². The lowest BCUT2D eigenvalue weighted by Gasteiger charge is -2.26. The van der Waals surface area contributed by atoms with Crippen molar-refractivity contribution in [3.63, 3.8) is 0 Å². The smallest absolute Gasteiger partial charge is 0.0730 e. The van der Waals surface area contributed by atoms with Crippen LogP contribution in [0.1, 0.15) is 38.1 Å². The summed E-state index contributed by atoms with van der Waals surface area (Å²) >= 11 is 0. The Morgan fingerprint density at radius 2 is 1.25 bits per heavy atom. The predicted molar refractivity (Wildman–Crippen MR) is 235 cm³/mol. The standard InChI is InChI=1S/C52H40N4/c1-5-17-35(18-6-1)45-29-39(30-46(53-45)36-19-7-2-8-20-36)55-49-27-15-13-25-41(49)43-33-44-42-26-14-16-28-50(42)56(52(44)34-51(43)55)40-31-47(37-21-9-3-10-22-37)54-48(32-40)38-23-11-4-12-24-38/h1-3,5-9,11,13-21,23-30,32-34,40H,4,10,12,22,31H2. The van der Waals surface area contributed by atoms with E-state index in [-0.39, 0.29) is 6.04 Å². The monoisotopic (exact) mass is 720 g/mol. The maximum absolute atomic E-state index is 5.38. The van der Waals surface area contributed by atoms with Gasteiger partial charge in [0.25, 0.3) is 0 Å². The predicted octanol–water partition coefficient (Wildman–Crippen LogP) is 13.4. The molecule has 1 atom stereocenters. The summed E-state index contributed by atoms with van der Waals surface area (Å²) in [6, 6.07) is 48.4. The molecule has 4 heterocycles. The van der Waals surface area contributed by atoms with Gasteiger partial charge in [-0.05, 0) is 79.3 Å². The topological polar surface area (TPSA) is 35.1 Å². The van der Waals surface area contributed by atoms with Gasteiger partial charge in [-0.15, -0.1) is 0 Å². The molecular formula is C52H40N4. The molecule has 0 spiro atoms. The highest BCUT2D eigenvalue weighted by Crippen LogP contribution is 2.43. The molecule has 0 bridgehead atoms. The minimum Gasteiger partial charge on any atom is -0.333 e. The molecule has 0 saturated heterocycles. The molecule has 0 N–H and O–H groups in total. The van der Waals surface area contributed by atoms with Gasteiger partial charge in [-0.3, -0.25) is 4.99 Å². The Kier molecular flexibility index (Phi) is 7.87. The number of pyridine rings is 1. The van der Waals surface area contributed by atoms with Crippen molar-refractivity contribution in [3.8, 4) is 28.2 Å². The Balaban J connectivity index is 1.18. The zero-order valence-corrected chi connectivity index (χ0v) is 31.1. The van der Waals surface area contributed by atoms with Crippen molar-refractivity contribution in [2.24, 2.45) is 4.99 Å². The van der Waals surface area contributed by atoms with E-state index in [0.29, 0.717) is 0 Å². The van der Waals surface area contributed by atoms with Crippen LogP contribution in [0.15, 0.2) is 198 Å². The highest BCUT2D eigenvalue weighted by Gasteiger charge is 2.27. The number of benzene rings is 5. The fourth-order valence-corrected chi connectivity index (χ4v) is 9.10. The molecule has 11 rings (SSSR count). The van der Waals surface area contributed by atoms with E-state index in [0.717, 1.165) is 66.0 Å². The first-order valence-electron chi connectivity index (χ1n) is 19.9. The second-order valence-corrected chi connectivity index (χ2v) is 15.1. The average Bonchev–Trinajstić information content (AvgIpc) is 3.78. The highest BCUT2D eigenvalue weighted by molar-refractivity contribution is 6.19. The van der Waals surface area contributed by atoms with Crippen molar-refractivity contribution in [1.82, 2.24) is 14.1 Å². The number of fused-ring (bicyclic) bond motifs is 6. The van der Waals surface area contributed by atoms with Crippen molar-refractivity contribution < 1.29 is 0 Å². The van der Waals surface area contributed by atoms with Gasteiger partial charge in [0.1, 0.15) is 0 Å². The molecule has 0 amide bonds. The van der Waals surface area contributed by atoms with Crippen LogP contribution in [0.4, 0.5) is 0 Å². The third kappa shape index (κ3) is 5.52. The number of nitrogens with zero attached hydrogens (tertiary/aromatic N) is 4. The number of hydrogen-bond acceptors (Lipinski definition) is 2. The van der Waals surface area contributed by atoms with E-state index in [1.54, 1.807) is 0 Å². The summed E-state index contributed by atoms with van der Waals surface area (Å²) in [5, 5.41) is 5.03. The second-order valence-electron chi connectivity index (χ2n) is 15.1. The zero-order chi connectivity index (χ0) is 37.0. The van der Waals surface area contributed by atoms with Gasteiger partial charge in [-0.2, -0.15) is 0 Å². The van der Waals surface area contributed by atoms with E-state index < -0.39 is 0 Å². The van der Waals surface area contributed by atoms with Gasteiger partial charge in [0.05, 0.1) is 45.4 Å². The van der Waals surface area contributed by atoms with Gasteiger partial charge in [0, 0.05) is 50.3 Å². The largest absolute Gasteiger partial charge is 0.333 e. The lowest BCUT2D eigenvalue weighted by molar-refractivity contribution is 0.654. The third-order valence-electron chi connectivity index (χ3n) is 11.7. The number of rotatable bonds is 6. The summed E-state index contributed by atoms with van der Waals surface area (Å²) in [5.74, 6) is 0. The van der Waals surface area contributed by atoms with Gasteiger partial charge in [0.2, 0.25) is 0 Å². The summed E-state index contributed by atoms with van der Waals surface area (Å²) in [6.07, 6.45) is 21.2. The summed E-state index contributed by atoms with van der Waals surface area (Å²) in [7, 11) is 0. The molecule has 0 fully saturated rings. The van der Waals surface area contributed by atoms with E-state index in [1.807, 2.05) is 0 Å². The van der Waals surface area contributed by atoms with Crippen molar-refractivity contribution >= 4 is 49.3 Å². The van der Waals surface area contributed by atoms with E-state index in [2.05, 4.69) is 185 Å². The second kappa shape index (κ2) is 13.5. The van der Waals surface area contributed by atoms with Crippen LogP contribution in [0.5, 0.6) is 0 Å². The minimum absolute atomic E-state index is 0.0912. The molecule has 268 valence electrons. The molecule has 8 aromatic rings. The molecule has 1 aliphatic heterocycles. The van der Waals surface area contributed by atoms with Crippen LogP contribution >= 0.6 is 0 Å². The number of para-hydroxylation sites is 2. The average molecular weight is 721 g/mol. The quantitative estimate of drug-likeness (QED) is 0.168. The molecule has 0 saturated carbocycles. The van der Waals surface area contributed by atoms with E-state index >= 15 is 0 Å². The Labute approximate surface area is 326 Å². The van der Waals surface area contributed by atoms with Crippen LogP contribution in [-0.4, -0.2) is 19.8 Å². The maximum Gasteiger partial charge on any atom is 0.0730 e. The van der Waals surface area contributed by atoms with E-state index in [9.17, 15) is 0 Å². The number of aliphatic imine (C=N–C) groups is 1. The first-order valence-corrected chi connectivity index (χ1v) is 19.9. The van der Waals surface area contributed by atoms with Crippen molar-refractivity contribution in [2.75, 3.05) is 0 Å². The van der Waals surface area contributed by atoms with Gasteiger partial charge >= 0.3 is 0 Å². The summed E-state index contributed by atoms with van der Waals surface area (Å²) in [6.45, 7) is 0. The Hall–Kier alpha value is -6.78. The van der Waals surface area contributed by atoms with Crippen LogP contribution < -0.4 is 0 Å². The number of allylic oxidation sites excluding steroid dienone is 8. The summed E-state index contributed by atoms with van der Waals surface area (Å²) in [5.41, 5.74) is 14.9. The van der Waals surface area contributed by atoms with Crippen molar-refractivity contribution in [1.29, 1.82) is 0 Å². The fourth-order valence-electron chi connectivity index (χ4n) is 9.10. The lowest BCUT2D eigenvalue weighted by atomic mass is 9.91. The van der Waals surface area contributed by atoms with Gasteiger partial charge in [-0.1, -0.05) is 134 Å². The first kappa shape index (κ1) is 32.6. The Morgan fingerprint density at radius 1 is 0.571 bits per heavy atom. The molecule has 2 aliphatic carbocycles. The molecule has 0 radical (unpaired) electrons. The van der Waals surface area contributed by atoms with Gasteiger partial charge in [0.15, 0.2) is 0 Å². The molecular weight excluding hydrogens is 681 g/mol. The SMILES string of the molecule is C1=CCCC(C2=NC(C3=CCCC=C3)=CC(n3c4ccccc4c4cc5c6ccccc6n(-c6cc(-c7ccccc7)nc(-c7ccccc7)c6)c5cc43)C2)=C1.